The van der Waals surface area contributed by atoms with Gasteiger partial charge < -0.3 is 30.1 Å². The second-order valence-corrected chi connectivity index (χ2v) is 11.5. The number of aromatic nitrogens is 1. The van der Waals surface area contributed by atoms with Gasteiger partial charge in [-0.2, -0.15) is 4.72 Å². The van der Waals surface area contributed by atoms with Gasteiger partial charge in [-0.3, -0.25) is 9.59 Å². The lowest BCUT2D eigenvalue weighted by Gasteiger charge is -2.23. The Bertz CT molecular complexity index is 1320. The number of carboxylic acids is 1. The first-order valence-electron chi connectivity index (χ1n) is 13.2. The lowest BCUT2D eigenvalue weighted by molar-refractivity contribution is -0.139. The van der Waals surface area contributed by atoms with E-state index in [4.69, 9.17) is 9.47 Å². The van der Waals surface area contributed by atoms with Gasteiger partial charge in [0.1, 0.15) is 18.5 Å². The van der Waals surface area contributed by atoms with E-state index in [9.17, 15) is 27.9 Å². The van der Waals surface area contributed by atoms with Crippen LogP contribution in [0.4, 0.5) is 10.6 Å². The highest BCUT2D eigenvalue weighted by Crippen LogP contribution is 2.23. The molecule has 0 aliphatic carbocycles. The topological polar surface area (TPSA) is 176 Å². The molecule has 0 bridgehead atoms. The maximum absolute atomic E-state index is 13.0. The molecule has 41 heavy (non-hydrogen) atoms. The molecule has 2 amide bonds. The van der Waals surface area contributed by atoms with E-state index in [0.717, 1.165) is 5.56 Å². The zero-order valence-corrected chi connectivity index (χ0v) is 24.4. The summed E-state index contributed by atoms with van der Waals surface area (Å²) in [7, 11) is -4.18. The first kappa shape index (κ1) is 31.8. The van der Waals surface area contributed by atoms with Crippen LogP contribution < -0.4 is 15.4 Å². The Morgan fingerprint density at radius 2 is 1.88 bits per heavy atom. The molecule has 0 radical (unpaired) electrons. The van der Waals surface area contributed by atoms with Crippen LogP contribution in [0, 0.1) is 20.8 Å². The SMILES string of the molecule is CCOC(=O)N1CC(OCC(=O)NCC(NS(=O)(=O)c2c(C)cc(C)cc2C)C(=O)O)CC1CNc1ccccn1. The van der Waals surface area contributed by atoms with Crippen molar-refractivity contribution in [2.75, 3.05) is 38.2 Å². The predicted molar refractivity (Wildman–Crippen MR) is 150 cm³/mol. The lowest BCUT2D eigenvalue weighted by Crippen LogP contribution is -2.49. The van der Waals surface area contributed by atoms with E-state index < -0.39 is 53.3 Å². The van der Waals surface area contributed by atoms with E-state index in [1.807, 2.05) is 13.0 Å². The Kier molecular flexibility index (Phi) is 11.0. The summed E-state index contributed by atoms with van der Waals surface area (Å²) in [6, 6.07) is 6.95. The first-order chi connectivity index (χ1) is 19.4. The summed E-state index contributed by atoms with van der Waals surface area (Å²) in [4.78, 5) is 42.5. The average molecular weight is 592 g/mol. The van der Waals surface area contributed by atoms with Crippen molar-refractivity contribution in [3.63, 3.8) is 0 Å². The highest BCUT2D eigenvalue weighted by Gasteiger charge is 2.37. The molecule has 1 saturated heterocycles. The molecular formula is C27H37N5O8S. The van der Waals surface area contributed by atoms with Crippen LogP contribution in [0.1, 0.15) is 30.0 Å². The number of likely N-dealkylation sites (tertiary alicyclic amines) is 1. The number of nitrogens with one attached hydrogen (secondary N) is 3. The molecule has 2 heterocycles. The van der Waals surface area contributed by atoms with Crippen molar-refractivity contribution in [1.29, 1.82) is 0 Å². The molecule has 0 saturated carbocycles. The number of carboxylic acid groups (broad SMARTS) is 1. The number of aliphatic carboxylic acids is 1. The number of ether oxygens (including phenoxy) is 2. The van der Waals surface area contributed by atoms with Crippen molar-refractivity contribution >= 4 is 33.8 Å². The number of rotatable bonds is 13. The Morgan fingerprint density at radius 3 is 2.49 bits per heavy atom. The van der Waals surface area contributed by atoms with Crippen LogP contribution in [-0.4, -0.2) is 92.4 Å². The summed E-state index contributed by atoms with van der Waals surface area (Å²) in [6.45, 7) is 6.72. The summed E-state index contributed by atoms with van der Waals surface area (Å²) < 4.78 is 39.0. The second kappa shape index (κ2) is 14.2. The fourth-order valence-corrected chi connectivity index (χ4v) is 6.43. The van der Waals surface area contributed by atoms with Crippen LogP contribution in [0.2, 0.25) is 0 Å². The lowest BCUT2D eigenvalue weighted by atomic mass is 10.1. The Labute approximate surface area is 239 Å². The number of nitrogens with zero attached hydrogens (tertiary/aromatic N) is 2. The standard InChI is InChI=1S/C27H37N5O8S/c1-5-39-27(36)32-15-21(12-20(32)13-29-23-8-6-7-9-28-23)40-16-24(33)30-14-22(26(34)35)31-41(37,38)25-18(3)10-17(2)11-19(25)4/h6-11,20-22,31H,5,12-16H2,1-4H3,(H,28,29)(H,30,33)(H,34,35). The largest absolute Gasteiger partial charge is 0.480 e. The van der Waals surface area contributed by atoms with Crippen molar-refractivity contribution in [3.8, 4) is 0 Å². The Hall–Kier alpha value is -3.75. The summed E-state index contributed by atoms with van der Waals surface area (Å²) in [5, 5.41) is 15.2. The molecule has 14 heteroatoms. The summed E-state index contributed by atoms with van der Waals surface area (Å²) in [6.07, 6.45) is 1.11. The summed E-state index contributed by atoms with van der Waals surface area (Å²) in [5.74, 6) is -1.42. The molecule has 0 spiro atoms. The second-order valence-electron chi connectivity index (χ2n) is 9.81. The predicted octanol–water partition coefficient (Wildman–Crippen LogP) is 1.58. The molecule has 1 aromatic carbocycles. The fraction of sp³-hybridized carbons (Fsp3) is 0.481. The van der Waals surface area contributed by atoms with Crippen molar-refractivity contribution in [2.45, 2.75) is 57.2 Å². The molecule has 13 nitrogen and oxygen atoms in total. The maximum Gasteiger partial charge on any atom is 0.410 e. The average Bonchev–Trinajstić information content (AvgIpc) is 3.31. The molecule has 3 atom stereocenters. The van der Waals surface area contributed by atoms with Gasteiger partial charge in [-0.25, -0.2) is 18.2 Å². The van der Waals surface area contributed by atoms with E-state index in [2.05, 4.69) is 20.3 Å². The molecule has 2 aromatic rings. The molecule has 4 N–H and O–H groups in total. The third-order valence-corrected chi connectivity index (χ3v) is 8.26. The van der Waals surface area contributed by atoms with Crippen molar-refractivity contribution in [2.24, 2.45) is 0 Å². The van der Waals surface area contributed by atoms with E-state index >= 15 is 0 Å². The normalized spacial score (nSPS) is 17.6. The zero-order chi connectivity index (χ0) is 30.2. The molecule has 1 aromatic heterocycles. The van der Waals surface area contributed by atoms with Gasteiger partial charge in [0, 0.05) is 19.3 Å². The third-order valence-electron chi connectivity index (χ3n) is 6.48. The minimum absolute atomic E-state index is 0.00323. The number of carbonyl (C=O) groups is 3. The Morgan fingerprint density at radius 1 is 1.17 bits per heavy atom. The molecule has 1 aliphatic heterocycles. The number of aryl methyl sites for hydroxylation is 3. The molecular weight excluding hydrogens is 554 g/mol. The smallest absolute Gasteiger partial charge is 0.410 e. The number of sulfonamides is 1. The van der Waals surface area contributed by atoms with Gasteiger partial charge in [-0.05, 0) is 57.4 Å². The molecule has 3 rings (SSSR count). The minimum atomic E-state index is -4.18. The van der Waals surface area contributed by atoms with Crippen molar-refractivity contribution in [1.82, 2.24) is 19.9 Å². The molecule has 1 aliphatic rings. The molecule has 224 valence electrons. The van der Waals surface area contributed by atoms with Gasteiger partial charge in [-0.15, -0.1) is 0 Å². The van der Waals surface area contributed by atoms with Crippen LogP contribution in [0.3, 0.4) is 0 Å². The third kappa shape index (κ3) is 8.87. The van der Waals surface area contributed by atoms with E-state index in [0.29, 0.717) is 29.9 Å². The highest BCUT2D eigenvalue weighted by atomic mass is 32.2. The van der Waals surface area contributed by atoms with Crippen LogP contribution in [0.5, 0.6) is 0 Å². The van der Waals surface area contributed by atoms with Crippen LogP contribution in [0.25, 0.3) is 0 Å². The monoisotopic (exact) mass is 591 g/mol. The molecule has 3 unspecified atom stereocenters. The number of anilines is 1. The Balaban J connectivity index is 1.55. The number of hydrogen-bond donors (Lipinski definition) is 4. The van der Waals surface area contributed by atoms with Gasteiger partial charge in [0.05, 0.1) is 30.2 Å². The summed E-state index contributed by atoms with van der Waals surface area (Å²) in [5.41, 5.74) is 1.85. The van der Waals surface area contributed by atoms with Crippen LogP contribution >= 0.6 is 0 Å². The van der Waals surface area contributed by atoms with Gasteiger partial charge in [0.25, 0.3) is 0 Å². The van der Waals surface area contributed by atoms with E-state index in [1.165, 1.54) is 4.90 Å². The number of hydrogen-bond acceptors (Lipinski definition) is 9. The number of benzene rings is 1. The highest BCUT2D eigenvalue weighted by molar-refractivity contribution is 7.89. The summed E-state index contributed by atoms with van der Waals surface area (Å²) >= 11 is 0. The fourth-order valence-electron chi connectivity index (χ4n) is 4.78. The number of pyridine rings is 1. The maximum atomic E-state index is 13.0. The van der Waals surface area contributed by atoms with Crippen LogP contribution in [-0.2, 0) is 29.1 Å². The van der Waals surface area contributed by atoms with Crippen LogP contribution in [0.15, 0.2) is 41.4 Å². The first-order valence-corrected chi connectivity index (χ1v) is 14.7. The van der Waals surface area contributed by atoms with Crippen molar-refractivity contribution < 1.29 is 37.4 Å². The zero-order valence-electron chi connectivity index (χ0n) is 23.5. The minimum Gasteiger partial charge on any atom is -0.480 e. The van der Waals surface area contributed by atoms with Gasteiger partial charge >= 0.3 is 12.1 Å². The number of carbonyl (C=O) groups excluding carboxylic acids is 2. The van der Waals surface area contributed by atoms with Gasteiger partial charge in [0.2, 0.25) is 15.9 Å². The van der Waals surface area contributed by atoms with Gasteiger partial charge in [0.15, 0.2) is 0 Å². The quantitative estimate of drug-likeness (QED) is 0.268. The van der Waals surface area contributed by atoms with E-state index in [-0.39, 0.29) is 24.1 Å². The van der Waals surface area contributed by atoms with E-state index in [1.54, 1.807) is 51.2 Å². The molecule has 1 fully saturated rings. The van der Waals surface area contributed by atoms with Crippen molar-refractivity contribution in [3.05, 3.63) is 53.2 Å². The number of amides is 2. The van der Waals surface area contributed by atoms with Gasteiger partial charge in [-0.1, -0.05) is 23.8 Å².